The van der Waals surface area contributed by atoms with Gasteiger partial charge in [0.25, 0.3) is 11.8 Å². The fourth-order valence-corrected chi connectivity index (χ4v) is 8.59. The molecular formula is C46H39F8N9O7. The Balaban J connectivity index is 0.000000207. The van der Waals surface area contributed by atoms with E-state index in [-0.39, 0.29) is 79.4 Å². The van der Waals surface area contributed by atoms with Crippen LogP contribution in [-0.4, -0.2) is 116 Å². The number of likely N-dealkylation sites (tertiary alicyclic amines) is 2. The Morgan fingerprint density at radius 3 is 1.37 bits per heavy atom. The molecule has 6 amide bonds. The van der Waals surface area contributed by atoms with Gasteiger partial charge in [-0.05, 0) is 71.8 Å². The number of alkyl halides is 6. The van der Waals surface area contributed by atoms with Crippen molar-refractivity contribution in [2.75, 3.05) is 49.1 Å². The van der Waals surface area contributed by atoms with Crippen LogP contribution in [0.25, 0.3) is 0 Å². The van der Waals surface area contributed by atoms with Crippen molar-refractivity contribution in [1.82, 2.24) is 19.6 Å². The Labute approximate surface area is 392 Å². The van der Waals surface area contributed by atoms with E-state index in [1.165, 1.54) is 82.0 Å². The first-order valence-electron chi connectivity index (χ1n) is 20.9. The Morgan fingerprint density at radius 1 is 0.657 bits per heavy atom. The topological polar surface area (TPSA) is 204 Å². The fourth-order valence-electron chi connectivity index (χ4n) is 8.59. The van der Waals surface area contributed by atoms with E-state index in [9.17, 15) is 63.9 Å². The number of carbonyl (C=O) groups is 6. The second-order valence-corrected chi connectivity index (χ2v) is 16.9. The first-order valence-corrected chi connectivity index (χ1v) is 20.9. The zero-order chi connectivity index (χ0) is 51.2. The number of amidine groups is 1. The number of amides is 6. The van der Waals surface area contributed by atoms with Crippen molar-refractivity contribution in [3.63, 3.8) is 0 Å². The van der Waals surface area contributed by atoms with Crippen LogP contribution in [0.3, 0.4) is 0 Å². The lowest BCUT2D eigenvalue weighted by molar-refractivity contribution is -0.169. The van der Waals surface area contributed by atoms with E-state index in [1.807, 2.05) is 0 Å². The normalized spacial score (nSPS) is 17.8. The Kier molecular flexibility index (Phi) is 13.1. The summed E-state index contributed by atoms with van der Waals surface area (Å²) < 4.78 is 107. The Morgan fingerprint density at radius 2 is 1.04 bits per heavy atom. The molecule has 3 N–H and O–H groups in total. The van der Waals surface area contributed by atoms with Crippen LogP contribution in [0.2, 0.25) is 0 Å². The van der Waals surface area contributed by atoms with E-state index in [2.05, 4.69) is 5.16 Å². The van der Waals surface area contributed by atoms with E-state index >= 15 is 0 Å². The summed E-state index contributed by atoms with van der Waals surface area (Å²) >= 11 is 0. The molecule has 4 aromatic carbocycles. The summed E-state index contributed by atoms with van der Waals surface area (Å²) in [4.78, 5) is 84.4. The number of benzene rings is 4. The summed E-state index contributed by atoms with van der Waals surface area (Å²) in [6.07, 6.45) is -9.04. The molecule has 0 saturated carbocycles. The number of rotatable bonds is 7. The molecule has 2 spiro atoms. The van der Waals surface area contributed by atoms with Crippen molar-refractivity contribution in [2.24, 2.45) is 10.9 Å². The molecule has 70 heavy (non-hydrogen) atoms. The summed E-state index contributed by atoms with van der Waals surface area (Å²) in [5, 5.41) is 20.5. The highest BCUT2D eigenvalue weighted by atomic mass is 19.4. The van der Waals surface area contributed by atoms with Gasteiger partial charge in [-0.25, -0.2) is 8.78 Å². The molecule has 4 saturated heterocycles. The number of piperazine rings is 2. The summed E-state index contributed by atoms with van der Waals surface area (Å²) in [6.45, 7) is 0.716. The van der Waals surface area contributed by atoms with Crippen LogP contribution in [-0.2, 0) is 54.2 Å². The summed E-state index contributed by atoms with van der Waals surface area (Å²) in [5.74, 6) is -5.12. The van der Waals surface area contributed by atoms with Crippen LogP contribution < -0.4 is 15.5 Å². The highest BCUT2D eigenvalue weighted by molar-refractivity contribution is 6.12. The number of anilines is 2. The quantitative estimate of drug-likeness (QED) is 0.0872. The molecule has 4 aliphatic rings. The van der Waals surface area contributed by atoms with Crippen LogP contribution in [0, 0.1) is 23.0 Å². The summed E-state index contributed by atoms with van der Waals surface area (Å²) in [6, 6.07) is 17.2. The van der Waals surface area contributed by atoms with Gasteiger partial charge >= 0.3 is 12.4 Å². The molecule has 24 heteroatoms. The van der Waals surface area contributed by atoms with E-state index < -0.39 is 82.9 Å². The van der Waals surface area contributed by atoms with Crippen LogP contribution in [0.1, 0.15) is 47.2 Å². The van der Waals surface area contributed by atoms with Crippen molar-refractivity contribution in [1.29, 1.82) is 5.26 Å². The number of nitrogens with zero attached hydrogens (tertiary/aromatic N) is 8. The molecular weight excluding hydrogens is 943 g/mol. The SMILES string of the molecule is CC(=O)N1CC2(C1)C(=O)N(c1ccc(C#N)cc1F)CC(=O)N2Cc1ccc(C(F)(F)F)cc1.CC(=O)N1CC2(C1)C(=O)N(c1ccc(C(N)=NO)cc1F)CC(=O)N2Cc1ccc(C(F)(F)F)cc1. The van der Waals surface area contributed by atoms with Crippen LogP contribution in [0.5, 0.6) is 0 Å². The first kappa shape index (κ1) is 49.8. The minimum atomic E-state index is -4.53. The van der Waals surface area contributed by atoms with Gasteiger partial charge in [-0.2, -0.15) is 31.6 Å². The molecule has 0 aliphatic carbocycles. The molecule has 16 nitrogen and oxygen atoms in total. The van der Waals surface area contributed by atoms with Crippen molar-refractivity contribution in [3.05, 3.63) is 130 Å². The van der Waals surface area contributed by atoms with Gasteiger partial charge in [0.05, 0.1) is 60.3 Å². The van der Waals surface area contributed by atoms with Crippen molar-refractivity contribution in [3.8, 4) is 6.07 Å². The molecule has 366 valence electrons. The van der Waals surface area contributed by atoms with Crippen molar-refractivity contribution < 1.29 is 69.1 Å². The predicted molar refractivity (Wildman–Crippen MR) is 229 cm³/mol. The van der Waals surface area contributed by atoms with Crippen molar-refractivity contribution in [2.45, 2.75) is 50.4 Å². The maximum absolute atomic E-state index is 14.9. The smallest absolute Gasteiger partial charge is 0.409 e. The van der Waals surface area contributed by atoms with Crippen LogP contribution >= 0.6 is 0 Å². The third-order valence-corrected chi connectivity index (χ3v) is 12.5. The lowest BCUT2D eigenvalue weighted by atomic mass is 9.83. The molecule has 8 rings (SSSR count). The predicted octanol–water partition coefficient (Wildman–Crippen LogP) is 4.61. The van der Waals surface area contributed by atoms with Crippen LogP contribution in [0.15, 0.2) is 90.1 Å². The van der Waals surface area contributed by atoms with Gasteiger partial charge in [-0.15, -0.1) is 0 Å². The lowest BCUT2D eigenvalue weighted by Gasteiger charge is -2.57. The highest BCUT2D eigenvalue weighted by Gasteiger charge is 2.62. The van der Waals surface area contributed by atoms with E-state index in [1.54, 1.807) is 6.07 Å². The molecule has 4 heterocycles. The van der Waals surface area contributed by atoms with Crippen molar-refractivity contribution >= 4 is 52.7 Å². The second-order valence-electron chi connectivity index (χ2n) is 16.9. The Bertz CT molecular complexity index is 2860. The van der Waals surface area contributed by atoms with Gasteiger partial charge in [-0.1, -0.05) is 29.4 Å². The van der Waals surface area contributed by atoms with Gasteiger partial charge in [0.15, 0.2) is 16.9 Å². The van der Waals surface area contributed by atoms with Crippen LogP contribution in [0.4, 0.5) is 46.5 Å². The van der Waals surface area contributed by atoms with E-state index in [4.69, 9.17) is 16.2 Å². The number of nitrogens with two attached hydrogens (primary N) is 1. The standard InChI is InChI=1S/C23H21F4N5O4.C23H18F4N4O3/c1-13(33)30-11-22(12-30)21(35)31(18-7-4-15(8-17(18)24)20(28)29-36)10-19(34)32(22)9-14-2-5-16(6-3-14)23(25,26)27;1-14(32)29-12-22(13-29)21(34)30(19-7-4-16(9-28)8-18(19)24)11-20(33)31(22)10-15-2-5-17(6-3-15)23(25,26)27/h2-8,36H,9-12H2,1H3,(H2,28,29);2-8H,10-13H2,1H3. The Hall–Kier alpha value is -8.10. The molecule has 4 aromatic rings. The molecule has 0 bridgehead atoms. The number of carbonyl (C=O) groups excluding carboxylic acids is 6. The minimum Gasteiger partial charge on any atom is -0.409 e. The summed E-state index contributed by atoms with van der Waals surface area (Å²) in [7, 11) is 0. The fraction of sp³-hybridized carbons (Fsp3) is 0.304. The highest BCUT2D eigenvalue weighted by Crippen LogP contribution is 2.40. The average molecular weight is 982 g/mol. The zero-order valence-corrected chi connectivity index (χ0v) is 36.8. The molecule has 0 unspecified atom stereocenters. The maximum atomic E-state index is 14.9. The monoisotopic (exact) mass is 981 g/mol. The van der Waals surface area contributed by atoms with E-state index in [0.29, 0.717) is 11.1 Å². The molecule has 4 aliphatic heterocycles. The van der Waals surface area contributed by atoms with E-state index in [0.717, 1.165) is 46.2 Å². The number of nitriles is 1. The minimum absolute atomic E-state index is 0.0436. The lowest BCUT2D eigenvalue weighted by Crippen LogP contribution is -2.81. The number of oxime groups is 1. The van der Waals surface area contributed by atoms with Gasteiger partial charge in [0, 0.05) is 32.5 Å². The number of halogens is 8. The van der Waals surface area contributed by atoms with Gasteiger partial charge in [-0.3, -0.25) is 38.6 Å². The maximum Gasteiger partial charge on any atom is 0.416 e. The molecule has 0 atom stereocenters. The van der Waals surface area contributed by atoms with Gasteiger partial charge in [0.1, 0.15) is 24.7 Å². The second kappa shape index (κ2) is 18.4. The first-order chi connectivity index (χ1) is 32.8. The van der Waals surface area contributed by atoms with Gasteiger partial charge in [0.2, 0.25) is 23.6 Å². The molecule has 0 radical (unpaired) electrons. The number of hydrogen-bond donors (Lipinski definition) is 2. The van der Waals surface area contributed by atoms with Gasteiger partial charge < -0.3 is 30.5 Å². The third kappa shape index (κ3) is 9.25. The average Bonchev–Trinajstić information content (AvgIpc) is 3.27. The third-order valence-electron chi connectivity index (χ3n) is 12.5. The number of hydrogen-bond acceptors (Lipinski definition) is 9. The zero-order valence-electron chi connectivity index (χ0n) is 36.8. The molecule has 4 fully saturated rings. The molecule has 0 aromatic heterocycles. The largest absolute Gasteiger partial charge is 0.416 e. The summed E-state index contributed by atoms with van der Waals surface area (Å²) in [5.41, 5.74) is 1.21.